The highest BCUT2D eigenvalue weighted by molar-refractivity contribution is 6.44. The summed E-state index contributed by atoms with van der Waals surface area (Å²) in [5, 5.41) is 9.86. The summed E-state index contributed by atoms with van der Waals surface area (Å²) < 4.78 is 0. The van der Waals surface area contributed by atoms with Gasteiger partial charge in [0.2, 0.25) is 0 Å². The summed E-state index contributed by atoms with van der Waals surface area (Å²) in [5.74, 6) is 0. The zero-order valence-corrected chi connectivity index (χ0v) is 11.2. The molecule has 2 aromatic rings. The van der Waals surface area contributed by atoms with Crippen LogP contribution < -0.4 is 5.43 Å². The number of nitriles is 1. The lowest BCUT2D eigenvalue weighted by Crippen LogP contribution is -2.13. The molecule has 0 saturated carbocycles. The Morgan fingerprint density at radius 1 is 1.39 bits per heavy atom. The molecule has 0 bridgehead atoms. The smallest absolute Gasteiger partial charge is 0.192 e. The number of fused-ring (bicyclic) bond motifs is 1. The number of aryl methyl sites for hydroxylation is 1. The van der Waals surface area contributed by atoms with E-state index in [0.29, 0.717) is 39.4 Å². The molecular weight excluding hydrogens is 271 g/mol. The third-order valence-electron chi connectivity index (χ3n) is 2.87. The Morgan fingerprint density at radius 3 is 2.78 bits per heavy atom. The average Bonchev–Trinajstić information content (AvgIpc) is 2.34. The first-order valence-electron chi connectivity index (χ1n) is 5.42. The lowest BCUT2D eigenvalue weighted by molar-refractivity contribution is 0.967. The number of pyridine rings is 1. The summed E-state index contributed by atoms with van der Waals surface area (Å²) in [6, 6.07) is 5.29. The minimum absolute atomic E-state index is 0.0879. The van der Waals surface area contributed by atoms with E-state index in [-0.39, 0.29) is 5.43 Å². The monoisotopic (exact) mass is 280 g/mol. The van der Waals surface area contributed by atoms with Crippen molar-refractivity contribution in [1.29, 1.82) is 5.26 Å². The second-order valence-electron chi connectivity index (χ2n) is 4.00. The molecule has 2 rings (SSSR count). The van der Waals surface area contributed by atoms with Gasteiger partial charge < -0.3 is 4.98 Å². The fourth-order valence-corrected chi connectivity index (χ4v) is 2.31. The van der Waals surface area contributed by atoms with Crippen LogP contribution in [0, 0.1) is 18.3 Å². The number of nitrogens with zero attached hydrogens (tertiary/aromatic N) is 1. The number of nitrogens with one attached hydrogen (secondary N) is 1. The first kappa shape index (κ1) is 12.9. The van der Waals surface area contributed by atoms with Crippen LogP contribution in [0.1, 0.15) is 17.7 Å². The van der Waals surface area contributed by atoms with Gasteiger partial charge >= 0.3 is 0 Å². The predicted octanol–water partition coefficient (Wildman–Crippen LogP) is 3.60. The topological polar surface area (TPSA) is 56.6 Å². The van der Waals surface area contributed by atoms with Gasteiger partial charge in [-0.15, -0.1) is 0 Å². The molecule has 5 heteroatoms. The van der Waals surface area contributed by atoms with Crippen LogP contribution in [0.15, 0.2) is 16.9 Å². The van der Waals surface area contributed by atoms with Crippen LogP contribution in [0.25, 0.3) is 10.9 Å². The Balaban J connectivity index is 2.76. The largest absolute Gasteiger partial charge is 0.357 e. The molecule has 0 amide bonds. The van der Waals surface area contributed by atoms with Gasteiger partial charge in [0.05, 0.1) is 21.6 Å². The number of hydrogen-bond donors (Lipinski definition) is 1. The molecule has 1 N–H and O–H groups in total. The second kappa shape index (κ2) is 5.01. The van der Waals surface area contributed by atoms with E-state index < -0.39 is 0 Å². The average molecular weight is 281 g/mol. The van der Waals surface area contributed by atoms with Gasteiger partial charge in [0, 0.05) is 23.1 Å². The van der Waals surface area contributed by atoms with Crippen molar-refractivity contribution < 1.29 is 0 Å². The van der Waals surface area contributed by atoms with Crippen LogP contribution in [0.3, 0.4) is 0 Å². The summed E-state index contributed by atoms with van der Waals surface area (Å²) in [6.45, 7) is 1.80. The third kappa shape index (κ3) is 2.10. The Kier molecular flexibility index (Phi) is 3.60. The highest BCUT2D eigenvalue weighted by atomic mass is 35.5. The van der Waals surface area contributed by atoms with Crippen molar-refractivity contribution in [1.82, 2.24) is 4.98 Å². The van der Waals surface area contributed by atoms with E-state index in [1.165, 1.54) is 0 Å². The normalized spacial score (nSPS) is 10.6. The van der Waals surface area contributed by atoms with Crippen molar-refractivity contribution in [3.05, 3.63) is 43.7 Å². The lowest BCUT2D eigenvalue weighted by Gasteiger charge is -2.08. The van der Waals surface area contributed by atoms with Crippen molar-refractivity contribution in [2.45, 2.75) is 19.8 Å². The fraction of sp³-hybridized carbons (Fsp3) is 0.231. The fourth-order valence-electron chi connectivity index (χ4n) is 1.94. The zero-order valence-electron chi connectivity index (χ0n) is 9.68. The van der Waals surface area contributed by atoms with Crippen molar-refractivity contribution in [3.63, 3.8) is 0 Å². The molecule has 0 aliphatic heterocycles. The van der Waals surface area contributed by atoms with Crippen LogP contribution >= 0.6 is 23.2 Å². The molecule has 0 aliphatic rings. The van der Waals surface area contributed by atoms with E-state index in [1.807, 2.05) is 6.07 Å². The standard InChI is InChI=1S/C13H10Cl2N2O/c1-7-8(3-2-6-16)13(18)9-4-5-10(14)11(15)12(9)17-7/h4-5H,2-3H2,1H3,(H,17,18). The molecule has 0 unspecified atom stereocenters. The summed E-state index contributed by atoms with van der Waals surface area (Å²) >= 11 is 12.0. The van der Waals surface area contributed by atoms with Gasteiger partial charge in [-0.1, -0.05) is 23.2 Å². The summed E-state index contributed by atoms with van der Waals surface area (Å²) in [5.41, 5.74) is 1.82. The molecule has 0 spiro atoms. The Morgan fingerprint density at radius 2 is 2.11 bits per heavy atom. The van der Waals surface area contributed by atoms with Gasteiger partial charge in [-0.3, -0.25) is 4.79 Å². The summed E-state index contributed by atoms with van der Waals surface area (Å²) in [4.78, 5) is 15.4. The molecule has 18 heavy (non-hydrogen) atoms. The highest BCUT2D eigenvalue weighted by Crippen LogP contribution is 2.28. The van der Waals surface area contributed by atoms with Crippen molar-refractivity contribution in [2.24, 2.45) is 0 Å². The van der Waals surface area contributed by atoms with Crippen LogP contribution in [-0.4, -0.2) is 4.98 Å². The Bertz CT molecular complexity index is 713. The maximum Gasteiger partial charge on any atom is 0.192 e. The first-order chi connectivity index (χ1) is 8.56. The van der Waals surface area contributed by atoms with Gasteiger partial charge in [0.25, 0.3) is 0 Å². The molecule has 1 heterocycles. The quantitative estimate of drug-likeness (QED) is 0.914. The maximum absolute atomic E-state index is 12.3. The van der Waals surface area contributed by atoms with Crippen molar-refractivity contribution in [3.8, 4) is 6.07 Å². The van der Waals surface area contributed by atoms with Crippen molar-refractivity contribution in [2.75, 3.05) is 0 Å². The SMILES string of the molecule is Cc1[nH]c2c(Cl)c(Cl)ccc2c(=O)c1CCC#N. The summed E-state index contributed by atoms with van der Waals surface area (Å²) in [6.07, 6.45) is 0.755. The number of hydrogen-bond acceptors (Lipinski definition) is 2. The van der Waals surface area contributed by atoms with Gasteiger partial charge in [0.1, 0.15) is 0 Å². The molecule has 1 aromatic carbocycles. The highest BCUT2D eigenvalue weighted by Gasteiger charge is 2.12. The predicted molar refractivity (Wildman–Crippen MR) is 73.3 cm³/mol. The number of halogens is 2. The summed E-state index contributed by atoms with van der Waals surface area (Å²) in [7, 11) is 0. The Hall–Kier alpha value is -1.50. The molecule has 0 atom stereocenters. The molecular formula is C13H10Cl2N2O. The van der Waals surface area contributed by atoms with Gasteiger partial charge in [-0.2, -0.15) is 5.26 Å². The van der Waals surface area contributed by atoms with Crippen LogP contribution in [0.2, 0.25) is 10.0 Å². The number of H-pyrrole nitrogens is 1. The molecule has 0 saturated heterocycles. The van der Waals surface area contributed by atoms with E-state index in [4.69, 9.17) is 28.5 Å². The minimum Gasteiger partial charge on any atom is -0.357 e. The molecule has 1 aromatic heterocycles. The van der Waals surface area contributed by atoms with Gasteiger partial charge in [-0.05, 0) is 25.5 Å². The van der Waals surface area contributed by atoms with Crippen molar-refractivity contribution >= 4 is 34.1 Å². The molecule has 0 aliphatic carbocycles. The van der Waals surface area contributed by atoms with E-state index >= 15 is 0 Å². The molecule has 0 fully saturated rings. The molecule has 3 nitrogen and oxygen atoms in total. The van der Waals surface area contributed by atoms with Gasteiger partial charge in [-0.25, -0.2) is 0 Å². The zero-order chi connectivity index (χ0) is 13.3. The van der Waals surface area contributed by atoms with Crippen LogP contribution in [0.5, 0.6) is 0 Å². The Labute approximate surface area is 114 Å². The maximum atomic E-state index is 12.3. The second-order valence-corrected chi connectivity index (χ2v) is 4.78. The van der Waals surface area contributed by atoms with Crippen LogP contribution in [0.4, 0.5) is 0 Å². The van der Waals surface area contributed by atoms with E-state index in [1.54, 1.807) is 19.1 Å². The van der Waals surface area contributed by atoms with Gasteiger partial charge in [0.15, 0.2) is 5.43 Å². The van der Waals surface area contributed by atoms with E-state index in [9.17, 15) is 4.79 Å². The number of rotatable bonds is 2. The van der Waals surface area contributed by atoms with E-state index in [0.717, 1.165) is 5.69 Å². The number of aromatic nitrogens is 1. The first-order valence-corrected chi connectivity index (χ1v) is 6.18. The molecule has 0 radical (unpaired) electrons. The van der Waals surface area contributed by atoms with E-state index in [2.05, 4.69) is 4.98 Å². The molecule has 92 valence electrons. The third-order valence-corrected chi connectivity index (χ3v) is 3.67. The number of benzene rings is 1. The minimum atomic E-state index is -0.0879. The van der Waals surface area contributed by atoms with Crippen LogP contribution in [-0.2, 0) is 6.42 Å². The lowest BCUT2D eigenvalue weighted by atomic mass is 10.0. The number of aromatic amines is 1.